The molecule has 0 aliphatic rings. The van der Waals surface area contributed by atoms with Gasteiger partial charge in [-0.25, -0.2) is 4.39 Å². The van der Waals surface area contributed by atoms with Gasteiger partial charge in [0.05, 0.1) is 6.61 Å². The molecule has 1 aromatic carbocycles. The summed E-state index contributed by atoms with van der Waals surface area (Å²) in [6, 6.07) is 4.68. The van der Waals surface area contributed by atoms with Crippen molar-refractivity contribution < 1.29 is 9.13 Å². The number of hydrogen-bond donors (Lipinski definition) is 0. The minimum atomic E-state index is -0.198. The van der Waals surface area contributed by atoms with E-state index in [-0.39, 0.29) is 5.82 Å². The van der Waals surface area contributed by atoms with Gasteiger partial charge in [-0.1, -0.05) is 45.4 Å². The topological polar surface area (TPSA) is 9.23 Å². The molecule has 0 unspecified atom stereocenters. The van der Waals surface area contributed by atoms with Crippen LogP contribution in [0.1, 0.15) is 57.4 Å². The van der Waals surface area contributed by atoms with Crippen LogP contribution in [0.3, 0.4) is 0 Å². The van der Waals surface area contributed by atoms with Crippen molar-refractivity contribution in [3.63, 3.8) is 0 Å². The van der Waals surface area contributed by atoms with Gasteiger partial charge < -0.3 is 4.74 Å². The van der Waals surface area contributed by atoms with Crippen LogP contribution in [0.15, 0.2) is 18.2 Å². The Kier molecular flexibility index (Phi) is 7.47. The van der Waals surface area contributed by atoms with Crippen molar-refractivity contribution in [2.45, 2.75) is 58.8 Å². The highest BCUT2D eigenvalue weighted by Gasteiger charge is 2.00. The summed E-state index contributed by atoms with van der Waals surface area (Å²) in [5.41, 5.74) is 0.873. The summed E-state index contributed by atoms with van der Waals surface area (Å²) < 4.78 is 18.5. The van der Waals surface area contributed by atoms with Gasteiger partial charge >= 0.3 is 0 Å². The van der Waals surface area contributed by atoms with Crippen molar-refractivity contribution in [1.82, 2.24) is 0 Å². The molecule has 0 heterocycles. The van der Waals surface area contributed by atoms with E-state index >= 15 is 0 Å². The van der Waals surface area contributed by atoms with Crippen LogP contribution in [0.2, 0.25) is 0 Å². The van der Waals surface area contributed by atoms with Crippen LogP contribution in [0, 0.1) is 12.7 Å². The van der Waals surface area contributed by atoms with Gasteiger partial charge in [-0.15, -0.1) is 0 Å². The van der Waals surface area contributed by atoms with Crippen LogP contribution in [0.5, 0.6) is 5.75 Å². The van der Waals surface area contributed by atoms with Crippen LogP contribution >= 0.6 is 0 Å². The molecule has 0 saturated heterocycles. The first-order valence-corrected chi connectivity index (χ1v) is 7.13. The predicted molar refractivity (Wildman–Crippen MR) is 74.6 cm³/mol. The van der Waals surface area contributed by atoms with E-state index in [9.17, 15) is 4.39 Å². The van der Waals surface area contributed by atoms with Gasteiger partial charge in [0.15, 0.2) is 0 Å². The van der Waals surface area contributed by atoms with Gasteiger partial charge in [0, 0.05) is 0 Å². The summed E-state index contributed by atoms with van der Waals surface area (Å²) in [4.78, 5) is 0. The van der Waals surface area contributed by atoms with Crippen molar-refractivity contribution in [1.29, 1.82) is 0 Å². The van der Waals surface area contributed by atoms with Crippen LogP contribution in [0.4, 0.5) is 4.39 Å². The normalized spacial score (nSPS) is 10.6. The number of halogens is 1. The Morgan fingerprint density at radius 2 is 1.67 bits per heavy atom. The van der Waals surface area contributed by atoms with E-state index in [2.05, 4.69) is 6.92 Å². The fourth-order valence-corrected chi connectivity index (χ4v) is 2.02. The molecule has 0 bridgehead atoms. The van der Waals surface area contributed by atoms with Crippen molar-refractivity contribution >= 4 is 0 Å². The number of aryl methyl sites for hydroxylation is 1. The first-order chi connectivity index (χ1) is 8.74. The van der Waals surface area contributed by atoms with Crippen molar-refractivity contribution in [2.75, 3.05) is 6.61 Å². The molecule has 0 radical (unpaired) electrons. The first kappa shape index (κ1) is 15.0. The molecule has 0 amide bonds. The van der Waals surface area contributed by atoms with E-state index in [0.717, 1.165) is 24.3 Å². The highest BCUT2D eigenvalue weighted by atomic mass is 19.1. The molecule has 1 rings (SSSR count). The van der Waals surface area contributed by atoms with E-state index in [1.165, 1.54) is 50.7 Å². The van der Waals surface area contributed by atoms with Crippen LogP contribution in [0.25, 0.3) is 0 Å². The lowest BCUT2D eigenvalue weighted by Gasteiger charge is -2.08. The summed E-state index contributed by atoms with van der Waals surface area (Å²) >= 11 is 0. The third-order valence-corrected chi connectivity index (χ3v) is 3.14. The quantitative estimate of drug-likeness (QED) is 0.544. The molecule has 0 spiro atoms. The second kappa shape index (κ2) is 8.96. The van der Waals surface area contributed by atoms with Crippen LogP contribution in [-0.2, 0) is 0 Å². The number of benzene rings is 1. The number of unbranched alkanes of at least 4 members (excludes halogenated alkanes) is 6. The SMILES string of the molecule is CCCCCCCCCOc1ccc(F)cc1C. The third-order valence-electron chi connectivity index (χ3n) is 3.14. The molecule has 1 aromatic rings. The zero-order valence-corrected chi connectivity index (χ0v) is 11.7. The second-order valence-corrected chi connectivity index (χ2v) is 4.88. The maximum absolute atomic E-state index is 12.9. The lowest BCUT2D eigenvalue weighted by atomic mass is 10.1. The third kappa shape index (κ3) is 6.04. The Morgan fingerprint density at radius 3 is 2.33 bits per heavy atom. The molecule has 0 fully saturated rings. The second-order valence-electron chi connectivity index (χ2n) is 4.88. The summed E-state index contributed by atoms with van der Waals surface area (Å²) in [6.07, 6.45) is 8.95. The molecule has 102 valence electrons. The molecule has 1 nitrogen and oxygen atoms in total. The van der Waals surface area contributed by atoms with Gasteiger partial charge in [0.1, 0.15) is 11.6 Å². The first-order valence-electron chi connectivity index (χ1n) is 7.13. The molecule has 0 aliphatic heterocycles. The molecule has 18 heavy (non-hydrogen) atoms. The average Bonchev–Trinajstić information content (AvgIpc) is 2.35. The molecule has 2 heteroatoms. The predicted octanol–water partition coefficient (Wildman–Crippen LogP) is 5.26. The Hall–Kier alpha value is -1.05. The van der Waals surface area contributed by atoms with Crippen molar-refractivity contribution in [2.24, 2.45) is 0 Å². The maximum Gasteiger partial charge on any atom is 0.123 e. The Labute approximate surface area is 110 Å². The highest BCUT2D eigenvalue weighted by Crippen LogP contribution is 2.18. The van der Waals surface area contributed by atoms with E-state index in [4.69, 9.17) is 4.74 Å². The maximum atomic E-state index is 12.9. The lowest BCUT2D eigenvalue weighted by molar-refractivity contribution is 0.302. The largest absolute Gasteiger partial charge is 0.493 e. The van der Waals surface area contributed by atoms with Crippen LogP contribution < -0.4 is 4.74 Å². The standard InChI is InChI=1S/C16H25FO/c1-3-4-5-6-7-8-9-12-18-16-11-10-15(17)13-14(16)2/h10-11,13H,3-9,12H2,1-2H3. The van der Waals surface area contributed by atoms with E-state index < -0.39 is 0 Å². The van der Waals surface area contributed by atoms with Gasteiger partial charge in [-0.05, 0) is 37.1 Å². The summed E-state index contributed by atoms with van der Waals surface area (Å²) in [7, 11) is 0. The molecular formula is C16H25FO. The fourth-order valence-electron chi connectivity index (χ4n) is 2.02. The molecular weight excluding hydrogens is 227 g/mol. The summed E-state index contributed by atoms with van der Waals surface area (Å²) in [6.45, 7) is 4.85. The zero-order valence-electron chi connectivity index (χ0n) is 11.7. The van der Waals surface area contributed by atoms with Gasteiger partial charge in [-0.3, -0.25) is 0 Å². The number of rotatable bonds is 9. The van der Waals surface area contributed by atoms with Crippen LogP contribution in [-0.4, -0.2) is 6.61 Å². The Morgan fingerprint density at radius 1 is 1.00 bits per heavy atom. The fraction of sp³-hybridized carbons (Fsp3) is 0.625. The smallest absolute Gasteiger partial charge is 0.123 e. The van der Waals surface area contributed by atoms with E-state index in [1.807, 2.05) is 6.92 Å². The minimum absolute atomic E-state index is 0.198. The highest BCUT2D eigenvalue weighted by molar-refractivity contribution is 5.32. The van der Waals surface area contributed by atoms with E-state index in [1.54, 1.807) is 6.07 Å². The van der Waals surface area contributed by atoms with Crippen molar-refractivity contribution in [3.05, 3.63) is 29.6 Å². The Bertz CT molecular complexity index is 336. The molecule has 0 atom stereocenters. The molecule has 0 N–H and O–H groups in total. The zero-order chi connectivity index (χ0) is 13.2. The number of hydrogen-bond acceptors (Lipinski definition) is 1. The summed E-state index contributed by atoms with van der Waals surface area (Å²) in [5.74, 6) is 0.609. The average molecular weight is 252 g/mol. The van der Waals surface area contributed by atoms with Gasteiger partial charge in [0.2, 0.25) is 0 Å². The van der Waals surface area contributed by atoms with Gasteiger partial charge in [-0.2, -0.15) is 0 Å². The lowest BCUT2D eigenvalue weighted by Crippen LogP contribution is -1.99. The monoisotopic (exact) mass is 252 g/mol. The molecule has 0 aliphatic carbocycles. The molecule has 0 saturated carbocycles. The number of ether oxygens (including phenoxy) is 1. The Balaban J connectivity index is 2.07. The molecule has 0 aromatic heterocycles. The minimum Gasteiger partial charge on any atom is -0.493 e. The van der Waals surface area contributed by atoms with E-state index in [0.29, 0.717) is 0 Å². The van der Waals surface area contributed by atoms with Gasteiger partial charge in [0.25, 0.3) is 0 Å². The summed E-state index contributed by atoms with van der Waals surface area (Å²) in [5, 5.41) is 0. The van der Waals surface area contributed by atoms with Crippen molar-refractivity contribution in [3.8, 4) is 5.75 Å².